The molecule has 1 aliphatic rings. The van der Waals surface area contributed by atoms with Crippen molar-refractivity contribution in [3.05, 3.63) is 11.6 Å². The zero-order chi connectivity index (χ0) is 7.23. The first-order chi connectivity index (χ1) is 4.93. The summed E-state index contributed by atoms with van der Waals surface area (Å²) in [7, 11) is 0. The molecule has 0 aromatic carbocycles. The standard InChI is InChI=1S/C8H13ClO/c9-5-3-8-2-1-6-10-7-4-8/h2H,1,3-7H2. The third kappa shape index (κ3) is 2.72. The molecular formula is C8H13ClO. The van der Waals surface area contributed by atoms with Gasteiger partial charge in [-0.3, -0.25) is 0 Å². The summed E-state index contributed by atoms with van der Waals surface area (Å²) < 4.78 is 5.28. The van der Waals surface area contributed by atoms with Crippen LogP contribution < -0.4 is 0 Å². The summed E-state index contributed by atoms with van der Waals surface area (Å²) in [5.74, 6) is 0.742. The van der Waals surface area contributed by atoms with Gasteiger partial charge in [0.25, 0.3) is 0 Å². The predicted molar refractivity (Wildman–Crippen MR) is 43.5 cm³/mol. The Morgan fingerprint density at radius 2 is 2.40 bits per heavy atom. The van der Waals surface area contributed by atoms with Crippen molar-refractivity contribution in [2.45, 2.75) is 19.3 Å². The highest BCUT2D eigenvalue weighted by atomic mass is 35.5. The largest absolute Gasteiger partial charge is 0.381 e. The summed E-state index contributed by atoms with van der Waals surface area (Å²) in [6.45, 7) is 1.76. The van der Waals surface area contributed by atoms with Crippen molar-refractivity contribution in [1.29, 1.82) is 0 Å². The third-order valence-corrected chi connectivity index (χ3v) is 1.87. The van der Waals surface area contributed by atoms with E-state index in [1.807, 2.05) is 0 Å². The fourth-order valence-electron chi connectivity index (χ4n) is 1.10. The highest BCUT2D eigenvalue weighted by molar-refractivity contribution is 6.17. The second-order valence-corrected chi connectivity index (χ2v) is 2.83. The maximum atomic E-state index is 5.61. The molecule has 1 aliphatic heterocycles. The first-order valence-corrected chi connectivity index (χ1v) is 4.28. The Balaban J connectivity index is 2.31. The maximum absolute atomic E-state index is 5.61. The molecule has 1 rings (SSSR count). The molecule has 1 heterocycles. The molecule has 0 atom stereocenters. The smallest absolute Gasteiger partial charge is 0.0503 e. The van der Waals surface area contributed by atoms with Gasteiger partial charge in [-0.25, -0.2) is 0 Å². The fraction of sp³-hybridized carbons (Fsp3) is 0.750. The van der Waals surface area contributed by atoms with Crippen LogP contribution in [-0.2, 0) is 4.74 Å². The van der Waals surface area contributed by atoms with Crippen LogP contribution in [0.15, 0.2) is 11.6 Å². The number of alkyl halides is 1. The zero-order valence-electron chi connectivity index (χ0n) is 6.11. The van der Waals surface area contributed by atoms with Crippen LogP contribution >= 0.6 is 11.6 Å². The van der Waals surface area contributed by atoms with Gasteiger partial charge >= 0.3 is 0 Å². The normalized spacial score (nSPS) is 19.9. The van der Waals surface area contributed by atoms with Gasteiger partial charge in [0.05, 0.1) is 13.2 Å². The molecule has 58 valence electrons. The number of rotatable bonds is 2. The minimum Gasteiger partial charge on any atom is -0.381 e. The van der Waals surface area contributed by atoms with Crippen molar-refractivity contribution in [3.63, 3.8) is 0 Å². The Morgan fingerprint density at radius 1 is 1.50 bits per heavy atom. The van der Waals surface area contributed by atoms with Crippen LogP contribution in [0.4, 0.5) is 0 Å². The fourth-order valence-corrected chi connectivity index (χ4v) is 1.34. The van der Waals surface area contributed by atoms with Crippen molar-refractivity contribution < 1.29 is 4.74 Å². The monoisotopic (exact) mass is 160 g/mol. The van der Waals surface area contributed by atoms with Crippen molar-refractivity contribution in [3.8, 4) is 0 Å². The quantitative estimate of drug-likeness (QED) is 0.445. The van der Waals surface area contributed by atoms with Crippen LogP contribution in [0.25, 0.3) is 0 Å². The lowest BCUT2D eigenvalue weighted by Crippen LogP contribution is -1.92. The van der Waals surface area contributed by atoms with E-state index in [-0.39, 0.29) is 0 Å². The van der Waals surface area contributed by atoms with Gasteiger partial charge in [0.2, 0.25) is 0 Å². The van der Waals surface area contributed by atoms with Gasteiger partial charge in [0.1, 0.15) is 0 Å². The van der Waals surface area contributed by atoms with Crippen molar-refractivity contribution in [2.75, 3.05) is 19.1 Å². The summed E-state index contributed by atoms with van der Waals surface area (Å²) >= 11 is 5.61. The van der Waals surface area contributed by atoms with Gasteiger partial charge in [-0.05, 0) is 19.3 Å². The van der Waals surface area contributed by atoms with Crippen molar-refractivity contribution >= 4 is 11.6 Å². The lowest BCUT2D eigenvalue weighted by atomic mass is 10.1. The number of hydrogen-bond acceptors (Lipinski definition) is 1. The van der Waals surface area contributed by atoms with E-state index in [4.69, 9.17) is 16.3 Å². The van der Waals surface area contributed by atoms with Crippen LogP contribution in [0.2, 0.25) is 0 Å². The molecule has 0 unspecified atom stereocenters. The minimum absolute atomic E-state index is 0.742. The summed E-state index contributed by atoms with van der Waals surface area (Å²) in [5.41, 5.74) is 1.47. The Labute approximate surface area is 67.0 Å². The second-order valence-electron chi connectivity index (χ2n) is 2.45. The molecule has 0 aromatic heterocycles. The Morgan fingerprint density at radius 3 is 3.20 bits per heavy atom. The highest BCUT2D eigenvalue weighted by Gasteiger charge is 2.00. The molecule has 0 bridgehead atoms. The molecular weight excluding hydrogens is 148 g/mol. The first kappa shape index (κ1) is 8.09. The van der Waals surface area contributed by atoms with Crippen molar-refractivity contribution in [1.82, 2.24) is 0 Å². The van der Waals surface area contributed by atoms with Crippen molar-refractivity contribution in [2.24, 2.45) is 0 Å². The Bertz CT molecular complexity index is 120. The van der Waals surface area contributed by atoms with Gasteiger partial charge in [-0.15, -0.1) is 11.6 Å². The molecule has 0 aromatic rings. The zero-order valence-corrected chi connectivity index (χ0v) is 6.86. The lowest BCUT2D eigenvalue weighted by Gasteiger charge is -1.99. The van der Waals surface area contributed by atoms with E-state index in [0.29, 0.717) is 0 Å². The van der Waals surface area contributed by atoms with Gasteiger partial charge in [-0.1, -0.05) is 11.6 Å². The summed E-state index contributed by atoms with van der Waals surface area (Å²) in [6.07, 6.45) is 5.43. The van der Waals surface area contributed by atoms with Gasteiger partial charge in [-0.2, -0.15) is 0 Å². The number of halogens is 1. The highest BCUT2D eigenvalue weighted by Crippen LogP contribution is 2.12. The maximum Gasteiger partial charge on any atom is 0.0503 e. The SMILES string of the molecule is ClCCC1=CCCOCC1. The summed E-state index contributed by atoms with van der Waals surface area (Å²) in [6, 6.07) is 0. The molecule has 0 N–H and O–H groups in total. The molecule has 0 aliphatic carbocycles. The number of ether oxygens (including phenoxy) is 1. The third-order valence-electron chi connectivity index (χ3n) is 1.68. The topological polar surface area (TPSA) is 9.23 Å². The van der Waals surface area contributed by atoms with Gasteiger partial charge in [0.15, 0.2) is 0 Å². The molecule has 0 fully saturated rings. The molecule has 1 nitrogen and oxygen atoms in total. The lowest BCUT2D eigenvalue weighted by molar-refractivity contribution is 0.146. The van der Waals surface area contributed by atoms with E-state index >= 15 is 0 Å². The first-order valence-electron chi connectivity index (χ1n) is 3.75. The van der Waals surface area contributed by atoms with Gasteiger partial charge in [0, 0.05) is 5.88 Å². The Hall–Kier alpha value is -0.0100. The predicted octanol–water partition coefficient (Wildman–Crippen LogP) is 2.35. The van der Waals surface area contributed by atoms with Crippen LogP contribution in [0.3, 0.4) is 0 Å². The van der Waals surface area contributed by atoms with E-state index in [2.05, 4.69) is 6.08 Å². The Kier molecular flexibility index (Phi) is 3.84. The molecule has 2 heteroatoms. The van der Waals surface area contributed by atoms with E-state index < -0.39 is 0 Å². The number of hydrogen-bond donors (Lipinski definition) is 0. The van der Waals surface area contributed by atoms with Crippen LogP contribution in [0.5, 0.6) is 0 Å². The second kappa shape index (κ2) is 4.75. The molecule has 0 saturated heterocycles. The van der Waals surface area contributed by atoms with Crippen LogP contribution in [0, 0.1) is 0 Å². The minimum atomic E-state index is 0.742. The van der Waals surface area contributed by atoms with E-state index in [9.17, 15) is 0 Å². The molecule has 10 heavy (non-hydrogen) atoms. The van der Waals surface area contributed by atoms with E-state index in [1.165, 1.54) is 5.57 Å². The van der Waals surface area contributed by atoms with Crippen LogP contribution in [-0.4, -0.2) is 19.1 Å². The summed E-state index contributed by atoms with van der Waals surface area (Å²) in [4.78, 5) is 0. The van der Waals surface area contributed by atoms with E-state index in [0.717, 1.165) is 38.4 Å². The average Bonchev–Trinajstić information content (AvgIpc) is 2.17. The van der Waals surface area contributed by atoms with E-state index in [1.54, 1.807) is 0 Å². The molecule has 0 spiro atoms. The van der Waals surface area contributed by atoms with Crippen LogP contribution in [0.1, 0.15) is 19.3 Å². The summed E-state index contributed by atoms with van der Waals surface area (Å²) in [5, 5.41) is 0. The molecule has 0 amide bonds. The van der Waals surface area contributed by atoms with Gasteiger partial charge < -0.3 is 4.74 Å². The average molecular weight is 161 g/mol. The molecule has 0 saturated carbocycles. The molecule has 0 radical (unpaired) electrons.